The Balaban J connectivity index is 1.24. The highest BCUT2D eigenvalue weighted by Crippen LogP contribution is 2.23. The number of benzene rings is 2. The molecule has 168 valence electrons. The molecule has 1 aliphatic carbocycles. The van der Waals surface area contributed by atoms with Gasteiger partial charge in [-0.25, -0.2) is 4.68 Å². The zero-order valence-corrected chi connectivity index (χ0v) is 18.5. The number of β-amino-alcohol motifs (C(OH)–C–C–N with tert-alkyl or cyclic N) is 1. The molecule has 5 rings (SSSR count). The van der Waals surface area contributed by atoms with Crippen molar-refractivity contribution in [3.05, 3.63) is 70.1 Å². The summed E-state index contributed by atoms with van der Waals surface area (Å²) in [5, 5.41) is 20.1. The summed E-state index contributed by atoms with van der Waals surface area (Å²) in [6.45, 7) is 2.49. The maximum atomic E-state index is 13.0. The first-order valence-corrected chi connectivity index (χ1v) is 11.9. The van der Waals surface area contributed by atoms with Crippen LogP contribution < -0.4 is 10.9 Å². The zero-order valence-electron chi connectivity index (χ0n) is 18.5. The molecular weight excluding hydrogens is 400 g/mol. The molecule has 2 aliphatic rings. The summed E-state index contributed by atoms with van der Waals surface area (Å²) in [6, 6.07) is 14.9. The first-order valence-electron chi connectivity index (χ1n) is 11.9. The first kappa shape index (κ1) is 21.2. The third-order valence-corrected chi connectivity index (χ3v) is 6.89. The smallest absolute Gasteiger partial charge is 0.274 e. The van der Waals surface area contributed by atoms with Gasteiger partial charge in [-0.3, -0.25) is 9.69 Å². The molecule has 6 nitrogen and oxygen atoms in total. The van der Waals surface area contributed by atoms with Crippen molar-refractivity contribution in [2.24, 2.45) is 0 Å². The third-order valence-electron chi connectivity index (χ3n) is 6.89. The van der Waals surface area contributed by atoms with Crippen molar-refractivity contribution in [1.29, 1.82) is 0 Å². The fourth-order valence-corrected chi connectivity index (χ4v) is 5.16. The molecule has 3 aromatic rings. The lowest BCUT2D eigenvalue weighted by atomic mass is 9.95. The molecule has 1 atom stereocenters. The van der Waals surface area contributed by atoms with Gasteiger partial charge in [0, 0.05) is 36.7 Å². The molecule has 1 aliphatic heterocycles. The highest BCUT2D eigenvalue weighted by Gasteiger charge is 2.19. The molecule has 32 heavy (non-hydrogen) atoms. The lowest BCUT2D eigenvalue weighted by molar-refractivity contribution is 0.0878. The van der Waals surface area contributed by atoms with Crippen molar-refractivity contribution in [3.8, 4) is 0 Å². The van der Waals surface area contributed by atoms with E-state index in [1.54, 1.807) is 6.20 Å². The Kier molecular flexibility index (Phi) is 6.23. The van der Waals surface area contributed by atoms with Crippen LogP contribution in [0.5, 0.6) is 0 Å². The van der Waals surface area contributed by atoms with Crippen molar-refractivity contribution in [2.75, 3.05) is 18.4 Å². The lowest BCUT2D eigenvalue weighted by Crippen LogP contribution is -2.40. The highest BCUT2D eigenvalue weighted by molar-refractivity contribution is 5.84. The maximum Gasteiger partial charge on any atom is 0.274 e. The number of hydrogen-bond acceptors (Lipinski definition) is 5. The average Bonchev–Trinajstić information content (AvgIpc) is 2.81. The summed E-state index contributed by atoms with van der Waals surface area (Å²) >= 11 is 0. The van der Waals surface area contributed by atoms with E-state index >= 15 is 0 Å². The molecule has 0 bridgehead atoms. The maximum absolute atomic E-state index is 13.0. The second-order valence-electron chi connectivity index (χ2n) is 9.32. The Morgan fingerprint density at radius 1 is 1.06 bits per heavy atom. The third kappa shape index (κ3) is 4.71. The quantitative estimate of drug-likeness (QED) is 0.623. The summed E-state index contributed by atoms with van der Waals surface area (Å²) in [4.78, 5) is 15.2. The SMILES string of the molecule is O=c1c2ccc(NC3CCCCC3)cc2cnn1C[C@H](O)CN1CCc2ccccc2C1. The van der Waals surface area contributed by atoms with Gasteiger partial charge >= 0.3 is 0 Å². The molecular formula is C26H32N4O2. The lowest BCUT2D eigenvalue weighted by Gasteiger charge is -2.30. The molecule has 1 aromatic heterocycles. The van der Waals surface area contributed by atoms with Gasteiger partial charge in [0.25, 0.3) is 5.56 Å². The number of rotatable bonds is 6. The number of fused-ring (bicyclic) bond motifs is 2. The van der Waals surface area contributed by atoms with Gasteiger partial charge in [-0.1, -0.05) is 43.5 Å². The predicted octanol–water partition coefficient (Wildman–Crippen LogP) is 3.56. The van der Waals surface area contributed by atoms with Crippen molar-refractivity contribution in [1.82, 2.24) is 14.7 Å². The standard InChI is InChI=1S/C26H32N4O2/c31-24(17-29-13-12-19-6-4-5-7-20(19)16-29)18-30-26(32)25-11-10-23(14-21(25)15-27-30)28-22-8-2-1-3-9-22/h4-7,10-11,14-15,22,24,28,31H,1-3,8-9,12-13,16-18H2/t24-/m1/s1. The van der Waals surface area contributed by atoms with E-state index in [1.807, 2.05) is 18.2 Å². The second kappa shape index (κ2) is 9.43. The Bertz CT molecular complexity index is 1140. The second-order valence-corrected chi connectivity index (χ2v) is 9.32. The molecule has 0 spiro atoms. The number of anilines is 1. The van der Waals surface area contributed by atoms with E-state index in [0.717, 1.165) is 30.6 Å². The molecule has 1 saturated carbocycles. The largest absolute Gasteiger partial charge is 0.390 e. The van der Waals surface area contributed by atoms with E-state index in [0.29, 0.717) is 18.0 Å². The molecule has 0 unspecified atom stereocenters. The van der Waals surface area contributed by atoms with Crippen molar-refractivity contribution in [3.63, 3.8) is 0 Å². The minimum Gasteiger partial charge on any atom is -0.390 e. The highest BCUT2D eigenvalue weighted by atomic mass is 16.3. The Morgan fingerprint density at radius 3 is 2.72 bits per heavy atom. The van der Waals surface area contributed by atoms with Crippen LogP contribution >= 0.6 is 0 Å². The van der Waals surface area contributed by atoms with Gasteiger partial charge in [-0.05, 0) is 48.6 Å². The number of aliphatic hydroxyl groups excluding tert-OH is 1. The minimum absolute atomic E-state index is 0.144. The first-order chi connectivity index (χ1) is 15.7. The van der Waals surface area contributed by atoms with Crippen LogP contribution in [0.3, 0.4) is 0 Å². The fourth-order valence-electron chi connectivity index (χ4n) is 5.16. The van der Waals surface area contributed by atoms with E-state index in [1.165, 1.54) is 47.9 Å². The van der Waals surface area contributed by atoms with Gasteiger partial charge in [0.1, 0.15) is 0 Å². The molecule has 2 heterocycles. The van der Waals surface area contributed by atoms with Gasteiger partial charge in [0.2, 0.25) is 0 Å². The molecule has 6 heteroatoms. The number of nitrogens with zero attached hydrogens (tertiary/aromatic N) is 3. The van der Waals surface area contributed by atoms with Crippen LogP contribution in [-0.4, -0.2) is 45.0 Å². The summed E-state index contributed by atoms with van der Waals surface area (Å²) in [6.07, 6.45) is 8.40. The van der Waals surface area contributed by atoms with E-state index in [9.17, 15) is 9.90 Å². The predicted molar refractivity (Wildman–Crippen MR) is 128 cm³/mol. The molecule has 0 saturated heterocycles. The van der Waals surface area contributed by atoms with Gasteiger partial charge in [0.15, 0.2) is 0 Å². The zero-order chi connectivity index (χ0) is 21.9. The molecule has 0 radical (unpaired) electrons. The summed E-state index contributed by atoms with van der Waals surface area (Å²) in [7, 11) is 0. The Labute approximate surface area is 188 Å². The van der Waals surface area contributed by atoms with E-state index < -0.39 is 6.10 Å². The fraction of sp³-hybridized carbons (Fsp3) is 0.462. The van der Waals surface area contributed by atoms with Gasteiger partial charge in [-0.2, -0.15) is 5.10 Å². The van der Waals surface area contributed by atoms with Crippen LogP contribution in [0, 0.1) is 0 Å². The van der Waals surface area contributed by atoms with E-state index in [2.05, 4.69) is 39.6 Å². The number of nitrogens with one attached hydrogen (secondary N) is 1. The normalized spacial score (nSPS) is 18.4. The van der Waals surface area contributed by atoms with Crippen molar-refractivity contribution in [2.45, 2.75) is 63.8 Å². The molecule has 2 aromatic carbocycles. The van der Waals surface area contributed by atoms with Crippen LogP contribution in [0.2, 0.25) is 0 Å². The van der Waals surface area contributed by atoms with Crippen molar-refractivity contribution < 1.29 is 5.11 Å². The van der Waals surface area contributed by atoms with Crippen LogP contribution in [0.4, 0.5) is 5.69 Å². The van der Waals surface area contributed by atoms with Crippen molar-refractivity contribution >= 4 is 16.5 Å². The van der Waals surface area contributed by atoms with E-state index in [-0.39, 0.29) is 12.1 Å². The topological polar surface area (TPSA) is 70.4 Å². The summed E-state index contributed by atoms with van der Waals surface area (Å²) in [5.41, 5.74) is 3.62. The number of aliphatic hydroxyl groups is 1. The molecule has 2 N–H and O–H groups in total. The Hall–Kier alpha value is -2.70. The van der Waals surface area contributed by atoms with Gasteiger partial charge in [-0.15, -0.1) is 0 Å². The molecule has 0 amide bonds. The van der Waals surface area contributed by atoms with Crippen LogP contribution in [0.25, 0.3) is 10.8 Å². The van der Waals surface area contributed by atoms with Crippen LogP contribution in [0.15, 0.2) is 53.5 Å². The van der Waals surface area contributed by atoms with Gasteiger partial charge in [0.05, 0.1) is 24.2 Å². The summed E-state index contributed by atoms with van der Waals surface area (Å²) in [5.74, 6) is 0. The average molecular weight is 433 g/mol. The van der Waals surface area contributed by atoms with Crippen LogP contribution in [0.1, 0.15) is 43.2 Å². The van der Waals surface area contributed by atoms with E-state index in [4.69, 9.17) is 0 Å². The van der Waals surface area contributed by atoms with Crippen LogP contribution in [-0.2, 0) is 19.5 Å². The monoisotopic (exact) mass is 432 g/mol. The molecule has 1 fully saturated rings. The number of hydrogen-bond donors (Lipinski definition) is 2. The summed E-state index contributed by atoms with van der Waals surface area (Å²) < 4.78 is 1.40. The van der Waals surface area contributed by atoms with Gasteiger partial charge < -0.3 is 10.4 Å². The minimum atomic E-state index is -0.643. The Morgan fingerprint density at radius 2 is 1.88 bits per heavy atom. The number of aromatic nitrogens is 2.